The number of nitrogens with one attached hydrogen (secondary N) is 1. The normalized spacial score (nSPS) is 16.7. The number of amides is 2. The van der Waals surface area contributed by atoms with Crippen LogP contribution in [0.5, 0.6) is 0 Å². The number of aliphatic carboxylic acids is 1. The first-order valence-electron chi connectivity index (χ1n) is 9.31. The zero-order chi connectivity index (χ0) is 22.8. The molecule has 1 aliphatic heterocycles. The fourth-order valence-corrected chi connectivity index (χ4v) is 3.51. The molecule has 2 aromatic rings. The Bertz CT molecular complexity index is 1090. The van der Waals surface area contributed by atoms with E-state index in [-0.39, 0.29) is 18.5 Å². The Labute approximate surface area is 176 Å². The molecule has 0 fully saturated rings. The van der Waals surface area contributed by atoms with Crippen molar-refractivity contribution in [2.24, 2.45) is 0 Å². The number of halogens is 3. The van der Waals surface area contributed by atoms with Gasteiger partial charge in [-0.2, -0.15) is 18.4 Å². The van der Waals surface area contributed by atoms with Crippen molar-refractivity contribution in [3.63, 3.8) is 0 Å². The SMILES string of the molecule is CC1=C(CCC(=O)O)C(c2ccc(C#N)cc2)NC(=O)N1c1cccc(C(F)(F)F)c1. The number of hydrogen-bond acceptors (Lipinski definition) is 3. The molecule has 1 atom stereocenters. The number of anilines is 1. The summed E-state index contributed by atoms with van der Waals surface area (Å²) >= 11 is 0. The number of allylic oxidation sites excluding steroid dienone is 1. The van der Waals surface area contributed by atoms with Gasteiger partial charge in [0.05, 0.1) is 28.9 Å². The highest BCUT2D eigenvalue weighted by Gasteiger charge is 2.35. The molecule has 2 aromatic carbocycles. The number of nitrogens with zero attached hydrogens (tertiary/aromatic N) is 2. The highest BCUT2D eigenvalue weighted by atomic mass is 19.4. The van der Waals surface area contributed by atoms with E-state index in [1.807, 2.05) is 6.07 Å². The predicted octanol–water partition coefficient (Wildman–Crippen LogP) is 4.99. The Morgan fingerprint density at radius 3 is 2.48 bits per heavy atom. The van der Waals surface area contributed by atoms with Crippen LogP contribution in [0.2, 0.25) is 0 Å². The number of urea groups is 1. The summed E-state index contributed by atoms with van der Waals surface area (Å²) in [7, 11) is 0. The maximum Gasteiger partial charge on any atom is 0.416 e. The third-order valence-corrected chi connectivity index (χ3v) is 5.03. The summed E-state index contributed by atoms with van der Waals surface area (Å²) in [4.78, 5) is 25.2. The second-order valence-corrected chi connectivity index (χ2v) is 7.00. The van der Waals surface area contributed by atoms with E-state index in [1.165, 1.54) is 12.1 Å². The zero-order valence-corrected chi connectivity index (χ0v) is 16.4. The Hall–Kier alpha value is -3.80. The van der Waals surface area contributed by atoms with Crippen LogP contribution in [-0.2, 0) is 11.0 Å². The van der Waals surface area contributed by atoms with Crippen LogP contribution in [0.1, 0.15) is 42.5 Å². The molecule has 3 rings (SSSR count). The van der Waals surface area contributed by atoms with E-state index in [2.05, 4.69) is 5.32 Å². The maximum absolute atomic E-state index is 13.1. The standard InChI is InChI=1S/C22H18F3N3O3/c1-13-18(9-10-19(29)30)20(15-7-5-14(12-26)6-8-15)27-21(31)28(13)17-4-2-3-16(11-17)22(23,24)25/h2-8,11,20H,9-10H2,1H3,(H,27,31)(H,29,30). The van der Waals surface area contributed by atoms with Gasteiger partial charge in [0.2, 0.25) is 0 Å². The molecule has 1 heterocycles. The molecule has 2 amide bonds. The quantitative estimate of drug-likeness (QED) is 0.701. The van der Waals surface area contributed by atoms with Crippen molar-refractivity contribution in [2.75, 3.05) is 4.90 Å². The van der Waals surface area contributed by atoms with Gasteiger partial charge in [0.15, 0.2) is 0 Å². The molecule has 2 N–H and O–H groups in total. The van der Waals surface area contributed by atoms with Crippen LogP contribution in [0.4, 0.5) is 23.7 Å². The highest BCUT2D eigenvalue weighted by Crippen LogP contribution is 2.38. The molecule has 160 valence electrons. The number of carbonyl (C=O) groups is 2. The lowest BCUT2D eigenvalue weighted by atomic mass is 9.91. The fraction of sp³-hybridized carbons (Fsp3) is 0.227. The predicted molar refractivity (Wildman–Crippen MR) is 106 cm³/mol. The molecule has 9 heteroatoms. The van der Waals surface area contributed by atoms with Crippen LogP contribution in [0.25, 0.3) is 0 Å². The van der Waals surface area contributed by atoms with Gasteiger partial charge in [-0.25, -0.2) is 4.79 Å². The van der Waals surface area contributed by atoms with Crippen LogP contribution in [0.3, 0.4) is 0 Å². The summed E-state index contributed by atoms with van der Waals surface area (Å²) in [5.74, 6) is -1.04. The summed E-state index contributed by atoms with van der Waals surface area (Å²) in [6.07, 6.45) is -4.70. The van der Waals surface area contributed by atoms with Gasteiger partial charge in [-0.1, -0.05) is 18.2 Å². The average molecular weight is 429 g/mol. The zero-order valence-electron chi connectivity index (χ0n) is 16.4. The van der Waals surface area contributed by atoms with Crippen molar-refractivity contribution in [1.29, 1.82) is 5.26 Å². The van der Waals surface area contributed by atoms with Gasteiger partial charge in [-0.05, 0) is 54.8 Å². The second kappa shape index (κ2) is 8.52. The van der Waals surface area contributed by atoms with Gasteiger partial charge in [0.25, 0.3) is 0 Å². The van der Waals surface area contributed by atoms with E-state index in [4.69, 9.17) is 10.4 Å². The molecule has 31 heavy (non-hydrogen) atoms. The minimum atomic E-state index is -4.57. The van der Waals surface area contributed by atoms with E-state index >= 15 is 0 Å². The highest BCUT2D eigenvalue weighted by molar-refractivity contribution is 5.97. The first-order valence-corrected chi connectivity index (χ1v) is 9.31. The molecular weight excluding hydrogens is 411 g/mol. The van der Waals surface area contributed by atoms with Crippen molar-refractivity contribution in [2.45, 2.75) is 32.0 Å². The largest absolute Gasteiger partial charge is 0.481 e. The molecule has 0 saturated heterocycles. The number of nitriles is 1. The Morgan fingerprint density at radius 1 is 1.23 bits per heavy atom. The molecule has 0 aliphatic carbocycles. The summed E-state index contributed by atoms with van der Waals surface area (Å²) in [5.41, 5.74) is 1.10. The Morgan fingerprint density at radius 2 is 1.90 bits per heavy atom. The first kappa shape index (κ1) is 21.9. The number of carboxylic acids is 1. The summed E-state index contributed by atoms with van der Waals surface area (Å²) < 4.78 is 39.4. The molecule has 0 spiro atoms. The van der Waals surface area contributed by atoms with Crippen molar-refractivity contribution in [1.82, 2.24) is 5.32 Å². The van der Waals surface area contributed by atoms with E-state index in [0.29, 0.717) is 22.4 Å². The summed E-state index contributed by atoms with van der Waals surface area (Å²) in [6, 6.07) is 11.5. The molecular formula is C22H18F3N3O3. The molecule has 0 saturated carbocycles. The van der Waals surface area contributed by atoms with Gasteiger partial charge >= 0.3 is 18.2 Å². The number of hydrogen-bond donors (Lipinski definition) is 2. The van der Waals surface area contributed by atoms with Crippen molar-refractivity contribution in [3.8, 4) is 6.07 Å². The van der Waals surface area contributed by atoms with Crippen LogP contribution >= 0.6 is 0 Å². The van der Waals surface area contributed by atoms with Crippen LogP contribution < -0.4 is 10.2 Å². The van der Waals surface area contributed by atoms with E-state index in [9.17, 15) is 22.8 Å². The number of carbonyl (C=O) groups excluding carboxylic acids is 1. The lowest BCUT2D eigenvalue weighted by Gasteiger charge is -2.36. The number of rotatable bonds is 5. The van der Waals surface area contributed by atoms with E-state index < -0.39 is 29.8 Å². The van der Waals surface area contributed by atoms with E-state index in [1.54, 1.807) is 31.2 Å². The number of carboxylic acid groups (broad SMARTS) is 1. The monoisotopic (exact) mass is 429 g/mol. The van der Waals surface area contributed by atoms with Gasteiger partial charge in [-0.3, -0.25) is 9.69 Å². The second-order valence-electron chi connectivity index (χ2n) is 7.00. The fourth-order valence-electron chi connectivity index (χ4n) is 3.51. The van der Waals surface area contributed by atoms with Gasteiger partial charge < -0.3 is 10.4 Å². The lowest BCUT2D eigenvalue weighted by Crippen LogP contribution is -2.46. The molecule has 1 aliphatic rings. The third-order valence-electron chi connectivity index (χ3n) is 5.03. The van der Waals surface area contributed by atoms with Gasteiger partial charge in [0.1, 0.15) is 0 Å². The smallest absolute Gasteiger partial charge is 0.416 e. The molecule has 1 unspecified atom stereocenters. The lowest BCUT2D eigenvalue weighted by molar-refractivity contribution is -0.138. The topological polar surface area (TPSA) is 93.4 Å². The maximum atomic E-state index is 13.1. The Kier molecular flexibility index (Phi) is 6.02. The number of benzene rings is 2. The minimum absolute atomic E-state index is 0.0240. The van der Waals surface area contributed by atoms with Crippen molar-refractivity contribution in [3.05, 3.63) is 76.5 Å². The minimum Gasteiger partial charge on any atom is -0.481 e. The van der Waals surface area contributed by atoms with Crippen LogP contribution in [-0.4, -0.2) is 17.1 Å². The van der Waals surface area contributed by atoms with Crippen LogP contribution in [0.15, 0.2) is 59.8 Å². The number of alkyl halides is 3. The average Bonchev–Trinajstić information content (AvgIpc) is 2.72. The first-order chi connectivity index (χ1) is 14.6. The van der Waals surface area contributed by atoms with Crippen LogP contribution in [0, 0.1) is 11.3 Å². The molecule has 0 bridgehead atoms. The summed E-state index contributed by atoms with van der Waals surface area (Å²) in [6.45, 7) is 1.58. The van der Waals surface area contributed by atoms with Gasteiger partial charge in [0, 0.05) is 12.1 Å². The molecule has 6 nitrogen and oxygen atoms in total. The third kappa shape index (κ3) is 4.69. The summed E-state index contributed by atoms with van der Waals surface area (Å²) in [5, 5.41) is 20.9. The van der Waals surface area contributed by atoms with Crippen molar-refractivity contribution < 1.29 is 27.9 Å². The Balaban J connectivity index is 2.08. The molecule has 0 aromatic heterocycles. The van der Waals surface area contributed by atoms with Crippen molar-refractivity contribution >= 4 is 17.7 Å². The van der Waals surface area contributed by atoms with Gasteiger partial charge in [-0.15, -0.1) is 0 Å². The molecule has 0 radical (unpaired) electrons. The van der Waals surface area contributed by atoms with E-state index in [0.717, 1.165) is 17.0 Å².